The van der Waals surface area contributed by atoms with Gasteiger partial charge >= 0.3 is 0 Å². The molecule has 3 atom stereocenters. The van der Waals surface area contributed by atoms with Crippen molar-refractivity contribution in [3.8, 4) is 11.4 Å². The van der Waals surface area contributed by atoms with Crippen LogP contribution >= 0.6 is 0 Å². The number of hydrogen-bond donors (Lipinski definition) is 2. The van der Waals surface area contributed by atoms with Gasteiger partial charge in [0, 0.05) is 23.5 Å². The van der Waals surface area contributed by atoms with Crippen LogP contribution in [0.2, 0.25) is 0 Å². The Morgan fingerprint density at radius 3 is 3.00 bits per heavy atom. The predicted octanol–water partition coefficient (Wildman–Crippen LogP) is 2.56. The number of nitrogens with one attached hydrogen (secondary N) is 2. The minimum absolute atomic E-state index is 0.0118. The summed E-state index contributed by atoms with van der Waals surface area (Å²) >= 11 is 0. The quantitative estimate of drug-likeness (QED) is 0.716. The van der Waals surface area contributed by atoms with E-state index >= 15 is 0 Å². The molecule has 6 heteroatoms. The fourth-order valence-corrected chi connectivity index (χ4v) is 3.67. The fraction of sp³-hybridized carbons (Fsp3) is 0.250. The van der Waals surface area contributed by atoms with E-state index in [0.717, 1.165) is 28.8 Å². The summed E-state index contributed by atoms with van der Waals surface area (Å²) in [6.07, 6.45) is 8.85. The van der Waals surface area contributed by atoms with Gasteiger partial charge in [-0.2, -0.15) is 0 Å². The van der Waals surface area contributed by atoms with Crippen LogP contribution in [0.4, 0.5) is 5.69 Å². The molecule has 1 amide bonds. The summed E-state index contributed by atoms with van der Waals surface area (Å²) in [6, 6.07) is 9.98. The molecule has 1 aromatic carbocycles. The molecule has 26 heavy (non-hydrogen) atoms. The van der Waals surface area contributed by atoms with E-state index in [4.69, 9.17) is 0 Å². The van der Waals surface area contributed by atoms with Crippen LogP contribution in [0.3, 0.4) is 0 Å². The Bertz CT molecular complexity index is 1020. The summed E-state index contributed by atoms with van der Waals surface area (Å²) in [5, 5.41) is 11.0. The van der Waals surface area contributed by atoms with E-state index < -0.39 is 0 Å². The number of benzene rings is 1. The van der Waals surface area contributed by atoms with Gasteiger partial charge in [0.1, 0.15) is 0 Å². The van der Waals surface area contributed by atoms with Gasteiger partial charge in [-0.3, -0.25) is 10.1 Å². The molecular weight excluding hydrogens is 326 g/mol. The predicted molar refractivity (Wildman–Crippen MR) is 99.7 cm³/mol. The SMILES string of the molecule is Cc1ccc(NC(=O)[C@@H]2C[C@@H]3C=C[C@@H]3N2)cc1-c1ncc2cccn2n1. The number of carbonyl (C=O) groups excluding carboxylic acids is 1. The highest BCUT2D eigenvalue weighted by Gasteiger charge is 2.38. The number of aromatic nitrogens is 3. The van der Waals surface area contributed by atoms with Gasteiger partial charge in [0.15, 0.2) is 5.82 Å². The van der Waals surface area contributed by atoms with Gasteiger partial charge < -0.3 is 5.32 Å². The smallest absolute Gasteiger partial charge is 0.241 e. The number of aryl methyl sites for hydroxylation is 1. The maximum Gasteiger partial charge on any atom is 0.241 e. The maximum atomic E-state index is 12.6. The Labute approximate surface area is 150 Å². The Morgan fingerprint density at radius 1 is 1.31 bits per heavy atom. The summed E-state index contributed by atoms with van der Waals surface area (Å²) < 4.78 is 1.80. The first kappa shape index (κ1) is 15.3. The zero-order chi connectivity index (χ0) is 17.7. The molecule has 1 saturated heterocycles. The molecule has 1 aliphatic heterocycles. The molecule has 1 fully saturated rings. The molecule has 3 aromatic rings. The molecule has 1 aliphatic carbocycles. The third kappa shape index (κ3) is 2.50. The van der Waals surface area contributed by atoms with Crippen LogP contribution in [0.1, 0.15) is 12.0 Å². The number of nitrogens with zero attached hydrogens (tertiary/aromatic N) is 3. The van der Waals surface area contributed by atoms with Crippen molar-refractivity contribution in [3.63, 3.8) is 0 Å². The Hall–Kier alpha value is -2.99. The van der Waals surface area contributed by atoms with E-state index in [1.54, 1.807) is 10.7 Å². The lowest BCUT2D eigenvalue weighted by atomic mass is 9.89. The molecule has 0 spiro atoms. The van der Waals surface area contributed by atoms with Crippen molar-refractivity contribution < 1.29 is 4.79 Å². The maximum absolute atomic E-state index is 12.6. The minimum Gasteiger partial charge on any atom is -0.325 e. The van der Waals surface area contributed by atoms with Crippen LogP contribution < -0.4 is 10.6 Å². The standard InChI is InChI=1S/C20H19N5O/c1-12-4-6-14(22-20(26)18-9-13-5-7-17(13)23-18)10-16(12)19-21-11-15-3-2-8-25(15)24-19/h2-8,10-11,13,17-18,23H,9H2,1H3,(H,22,26)/t13-,17-,18-/m0/s1. The number of carbonyl (C=O) groups is 1. The second kappa shape index (κ2) is 5.78. The summed E-state index contributed by atoms with van der Waals surface area (Å²) in [5.41, 5.74) is 3.70. The molecule has 2 aliphatic rings. The van der Waals surface area contributed by atoms with Crippen molar-refractivity contribution >= 4 is 17.1 Å². The van der Waals surface area contributed by atoms with E-state index in [1.165, 1.54) is 0 Å². The summed E-state index contributed by atoms with van der Waals surface area (Å²) in [6.45, 7) is 2.02. The zero-order valence-corrected chi connectivity index (χ0v) is 14.4. The van der Waals surface area contributed by atoms with E-state index in [1.807, 2.05) is 43.5 Å². The first-order valence-electron chi connectivity index (χ1n) is 8.84. The highest BCUT2D eigenvalue weighted by Crippen LogP contribution is 2.31. The van der Waals surface area contributed by atoms with Crippen LogP contribution in [0, 0.1) is 12.8 Å². The molecule has 5 rings (SSSR count). The number of fused-ring (bicyclic) bond motifs is 2. The van der Waals surface area contributed by atoms with Crippen molar-refractivity contribution in [2.45, 2.75) is 25.4 Å². The van der Waals surface area contributed by atoms with Crippen LogP contribution in [-0.2, 0) is 4.79 Å². The van der Waals surface area contributed by atoms with Gasteiger partial charge in [0.25, 0.3) is 0 Å². The fourth-order valence-electron chi connectivity index (χ4n) is 3.67. The Kier molecular flexibility index (Phi) is 3.39. The van der Waals surface area contributed by atoms with Gasteiger partial charge in [-0.15, -0.1) is 5.10 Å². The number of rotatable bonds is 3. The summed E-state index contributed by atoms with van der Waals surface area (Å²) in [4.78, 5) is 17.0. The van der Waals surface area contributed by atoms with Crippen LogP contribution in [-0.4, -0.2) is 32.6 Å². The second-order valence-corrected chi connectivity index (χ2v) is 7.01. The van der Waals surface area contributed by atoms with E-state index in [0.29, 0.717) is 17.8 Å². The molecule has 3 heterocycles. The zero-order valence-electron chi connectivity index (χ0n) is 14.4. The van der Waals surface area contributed by atoms with Crippen molar-refractivity contribution in [3.05, 3.63) is 60.4 Å². The molecule has 2 aromatic heterocycles. The Balaban J connectivity index is 1.40. The van der Waals surface area contributed by atoms with Gasteiger partial charge in [-0.05, 0) is 49.1 Å². The van der Waals surface area contributed by atoms with E-state index in [9.17, 15) is 4.79 Å². The molecule has 0 saturated carbocycles. The second-order valence-electron chi connectivity index (χ2n) is 7.01. The van der Waals surface area contributed by atoms with Crippen LogP contribution in [0.15, 0.2) is 54.9 Å². The molecular formula is C20H19N5O. The molecule has 0 radical (unpaired) electrons. The molecule has 6 nitrogen and oxygen atoms in total. The number of anilines is 1. The van der Waals surface area contributed by atoms with Gasteiger partial charge in [-0.25, -0.2) is 9.50 Å². The monoisotopic (exact) mass is 345 g/mol. The topological polar surface area (TPSA) is 71.3 Å². The summed E-state index contributed by atoms with van der Waals surface area (Å²) in [5.74, 6) is 1.15. The number of hydrogen-bond acceptors (Lipinski definition) is 4. The summed E-state index contributed by atoms with van der Waals surface area (Å²) in [7, 11) is 0. The normalized spacial score (nSPS) is 23.7. The number of amides is 1. The lowest BCUT2D eigenvalue weighted by Crippen LogP contribution is -2.39. The van der Waals surface area contributed by atoms with Crippen LogP contribution in [0.25, 0.3) is 16.9 Å². The van der Waals surface area contributed by atoms with Crippen molar-refractivity contribution in [1.82, 2.24) is 19.9 Å². The largest absolute Gasteiger partial charge is 0.325 e. The van der Waals surface area contributed by atoms with Gasteiger partial charge in [-0.1, -0.05) is 18.2 Å². The average Bonchev–Trinajstić information content (AvgIpc) is 3.20. The van der Waals surface area contributed by atoms with Crippen molar-refractivity contribution in [1.29, 1.82) is 0 Å². The molecule has 0 bridgehead atoms. The highest BCUT2D eigenvalue weighted by molar-refractivity contribution is 5.95. The highest BCUT2D eigenvalue weighted by atomic mass is 16.2. The van der Waals surface area contributed by atoms with Gasteiger partial charge in [0.2, 0.25) is 5.91 Å². The Morgan fingerprint density at radius 2 is 2.23 bits per heavy atom. The van der Waals surface area contributed by atoms with Crippen molar-refractivity contribution in [2.24, 2.45) is 5.92 Å². The van der Waals surface area contributed by atoms with E-state index in [2.05, 4.69) is 32.9 Å². The third-order valence-electron chi connectivity index (χ3n) is 5.27. The average molecular weight is 345 g/mol. The van der Waals surface area contributed by atoms with Gasteiger partial charge in [0.05, 0.1) is 17.8 Å². The van der Waals surface area contributed by atoms with Crippen LogP contribution in [0.5, 0.6) is 0 Å². The molecule has 0 unspecified atom stereocenters. The first-order chi connectivity index (χ1) is 12.7. The lowest BCUT2D eigenvalue weighted by Gasteiger charge is -2.19. The molecule has 130 valence electrons. The first-order valence-corrected chi connectivity index (χ1v) is 8.84. The van der Waals surface area contributed by atoms with E-state index in [-0.39, 0.29) is 11.9 Å². The lowest BCUT2D eigenvalue weighted by molar-refractivity contribution is -0.117. The molecule has 2 N–H and O–H groups in total. The third-order valence-corrected chi connectivity index (χ3v) is 5.27. The van der Waals surface area contributed by atoms with Crippen molar-refractivity contribution in [2.75, 3.05) is 5.32 Å². The minimum atomic E-state index is -0.141.